The van der Waals surface area contributed by atoms with E-state index in [0.717, 1.165) is 5.56 Å². The zero-order valence-corrected chi connectivity index (χ0v) is 14.6. The Kier molecular flexibility index (Phi) is 8.06. The number of halogens is 2. The molecule has 132 valence electrons. The van der Waals surface area contributed by atoms with Gasteiger partial charge in [0, 0.05) is 24.5 Å². The van der Waals surface area contributed by atoms with Crippen LogP contribution in [0.25, 0.3) is 11.4 Å². The fourth-order valence-corrected chi connectivity index (χ4v) is 2.24. The maximum atomic E-state index is 12.1. The summed E-state index contributed by atoms with van der Waals surface area (Å²) in [6.45, 7) is 3.32. The van der Waals surface area contributed by atoms with E-state index in [1.54, 1.807) is 24.5 Å². The second kappa shape index (κ2) is 9.53. The molecule has 2 aromatic rings. The van der Waals surface area contributed by atoms with Crippen molar-refractivity contribution in [2.24, 2.45) is 0 Å². The fraction of sp³-hybridized carbons (Fsp3) is 0.429. The van der Waals surface area contributed by atoms with Crippen LogP contribution in [0.5, 0.6) is 0 Å². The highest BCUT2D eigenvalue weighted by molar-refractivity contribution is 5.85. The van der Waals surface area contributed by atoms with E-state index in [9.17, 15) is 4.79 Å². The zero-order chi connectivity index (χ0) is 15.4. The van der Waals surface area contributed by atoms with Crippen molar-refractivity contribution in [3.05, 3.63) is 30.4 Å². The molecule has 2 atom stereocenters. The molecule has 24 heavy (non-hydrogen) atoms. The Morgan fingerprint density at radius 2 is 2.12 bits per heavy atom. The van der Waals surface area contributed by atoms with Gasteiger partial charge in [-0.2, -0.15) is 4.98 Å². The lowest BCUT2D eigenvalue weighted by atomic mass is 10.1. The van der Waals surface area contributed by atoms with Crippen molar-refractivity contribution in [3.8, 4) is 11.4 Å². The Morgan fingerprint density at radius 1 is 1.38 bits per heavy atom. The van der Waals surface area contributed by atoms with E-state index in [1.165, 1.54) is 0 Å². The van der Waals surface area contributed by atoms with Gasteiger partial charge < -0.3 is 19.9 Å². The van der Waals surface area contributed by atoms with Crippen LogP contribution in [0, 0.1) is 0 Å². The first kappa shape index (κ1) is 20.3. The monoisotopic (exact) mass is 375 g/mol. The Bertz CT molecular complexity index is 640. The standard InChI is InChI=1S/C14H17N5O3.2ClH/c1-9-12(16-6-7-21-9)14(20)17-8-11-18-13(19-22-11)10-2-4-15-5-3-10;;/h2-5,9,12,16H,6-8H2,1H3,(H,17,20);2*1H/t9-,12+;;/m1../s1. The molecule has 3 heterocycles. The van der Waals surface area contributed by atoms with Gasteiger partial charge in [0.15, 0.2) is 0 Å². The van der Waals surface area contributed by atoms with Gasteiger partial charge in [-0.1, -0.05) is 5.16 Å². The average molecular weight is 376 g/mol. The van der Waals surface area contributed by atoms with E-state index in [4.69, 9.17) is 9.26 Å². The third kappa shape index (κ3) is 4.88. The van der Waals surface area contributed by atoms with Gasteiger partial charge in [0.25, 0.3) is 0 Å². The Balaban J connectivity index is 0.00000144. The summed E-state index contributed by atoms with van der Waals surface area (Å²) in [4.78, 5) is 20.3. The highest BCUT2D eigenvalue weighted by Gasteiger charge is 2.28. The summed E-state index contributed by atoms with van der Waals surface area (Å²) in [5.74, 6) is 0.680. The number of hydrogen-bond acceptors (Lipinski definition) is 7. The maximum Gasteiger partial charge on any atom is 0.246 e. The molecule has 1 saturated heterocycles. The number of carbonyl (C=O) groups excluding carboxylic acids is 1. The smallest absolute Gasteiger partial charge is 0.246 e. The summed E-state index contributed by atoms with van der Waals surface area (Å²) >= 11 is 0. The molecule has 2 aromatic heterocycles. The van der Waals surface area contributed by atoms with E-state index >= 15 is 0 Å². The number of ether oxygens (including phenoxy) is 1. The van der Waals surface area contributed by atoms with Crippen LogP contribution in [0.4, 0.5) is 0 Å². The molecule has 0 spiro atoms. The second-order valence-electron chi connectivity index (χ2n) is 4.97. The van der Waals surface area contributed by atoms with Gasteiger partial charge in [0.05, 0.1) is 19.3 Å². The number of pyridine rings is 1. The van der Waals surface area contributed by atoms with Gasteiger partial charge in [-0.3, -0.25) is 9.78 Å². The summed E-state index contributed by atoms with van der Waals surface area (Å²) in [5.41, 5.74) is 0.812. The molecule has 0 aromatic carbocycles. The summed E-state index contributed by atoms with van der Waals surface area (Å²) in [6.07, 6.45) is 3.15. The number of morpholine rings is 1. The van der Waals surface area contributed by atoms with E-state index in [-0.39, 0.29) is 49.4 Å². The van der Waals surface area contributed by atoms with Crippen LogP contribution in [0.3, 0.4) is 0 Å². The topological polar surface area (TPSA) is 102 Å². The molecular formula is C14H19Cl2N5O3. The van der Waals surface area contributed by atoms with Crippen molar-refractivity contribution in [2.75, 3.05) is 13.2 Å². The van der Waals surface area contributed by atoms with Crippen LogP contribution in [-0.4, -0.2) is 46.3 Å². The molecule has 0 saturated carbocycles. The lowest BCUT2D eigenvalue weighted by Gasteiger charge is -2.29. The van der Waals surface area contributed by atoms with Gasteiger partial charge in [-0.15, -0.1) is 24.8 Å². The molecule has 8 nitrogen and oxygen atoms in total. The van der Waals surface area contributed by atoms with Crippen molar-refractivity contribution >= 4 is 30.7 Å². The average Bonchev–Trinajstić information content (AvgIpc) is 3.03. The van der Waals surface area contributed by atoms with E-state index in [1.807, 2.05) is 6.92 Å². The molecule has 0 bridgehead atoms. The lowest BCUT2D eigenvalue weighted by Crippen LogP contribution is -2.55. The van der Waals surface area contributed by atoms with Crippen LogP contribution in [0.1, 0.15) is 12.8 Å². The van der Waals surface area contributed by atoms with Crippen LogP contribution >= 0.6 is 24.8 Å². The van der Waals surface area contributed by atoms with Gasteiger partial charge in [0.2, 0.25) is 17.6 Å². The minimum Gasteiger partial charge on any atom is -0.375 e. The van der Waals surface area contributed by atoms with E-state index in [0.29, 0.717) is 24.9 Å². The van der Waals surface area contributed by atoms with Crippen molar-refractivity contribution < 1.29 is 14.1 Å². The molecule has 1 aliphatic heterocycles. The van der Waals surface area contributed by atoms with Crippen molar-refractivity contribution in [2.45, 2.75) is 25.6 Å². The molecular weight excluding hydrogens is 357 g/mol. The van der Waals surface area contributed by atoms with Gasteiger partial charge >= 0.3 is 0 Å². The molecule has 0 unspecified atom stereocenters. The minimum atomic E-state index is -0.365. The predicted octanol–water partition coefficient (Wildman–Crippen LogP) is 0.968. The minimum absolute atomic E-state index is 0. The van der Waals surface area contributed by atoms with Crippen LogP contribution in [-0.2, 0) is 16.1 Å². The highest BCUT2D eigenvalue weighted by atomic mass is 35.5. The number of rotatable bonds is 4. The first-order valence-corrected chi connectivity index (χ1v) is 7.10. The summed E-state index contributed by atoms with van der Waals surface area (Å²) in [7, 11) is 0. The van der Waals surface area contributed by atoms with Gasteiger partial charge in [0.1, 0.15) is 6.04 Å². The lowest BCUT2D eigenvalue weighted by molar-refractivity contribution is -0.129. The quantitative estimate of drug-likeness (QED) is 0.820. The van der Waals surface area contributed by atoms with Crippen LogP contribution in [0.2, 0.25) is 0 Å². The second-order valence-corrected chi connectivity index (χ2v) is 4.97. The molecule has 1 fully saturated rings. The van der Waals surface area contributed by atoms with E-state index in [2.05, 4.69) is 25.8 Å². The molecule has 2 N–H and O–H groups in total. The van der Waals surface area contributed by atoms with Crippen molar-refractivity contribution in [1.29, 1.82) is 0 Å². The fourth-order valence-electron chi connectivity index (χ4n) is 2.24. The molecule has 0 radical (unpaired) electrons. The number of hydrogen-bond donors (Lipinski definition) is 2. The van der Waals surface area contributed by atoms with Gasteiger partial charge in [-0.25, -0.2) is 0 Å². The predicted molar refractivity (Wildman–Crippen MR) is 91.1 cm³/mol. The molecule has 1 aliphatic rings. The first-order valence-electron chi connectivity index (χ1n) is 7.10. The third-order valence-electron chi connectivity index (χ3n) is 3.42. The van der Waals surface area contributed by atoms with Crippen molar-refractivity contribution in [1.82, 2.24) is 25.8 Å². The molecule has 0 aliphatic carbocycles. The normalized spacial score (nSPS) is 19.7. The van der Waals surface area contributed by atoms with Crippen molar-refractivity contribution in [3.63, 3.8) is 0 Å². The Morgan fingerprint density at radius 3 is 2.83 bits per heavy atom. The SMILES string of the molecule is C[C@H]1OCCN[C@@H]1C(=O)NCc1nc(-c2ccncc2)no1.Cl.Cl. The summed E-state index contributed by atoms with van der Waals surface area (Å²) < 4.78 is 10.6. The number of carbonyl (C=O) groups is 1. The molecule has 10 heteroatoms. The number of aromatic nitrogens is 3. The number of nitrogens with zero attached hydrogens (tertiary/aromatic N) is 3. The Hall–Kier alpha value is -1.74. The zero-order valence-electron chi connectivity index (χ0n) is 13.0. The van der Waals surface area contributed by atoms with E-state index < -0.39 is 0 Å². The van der Waals surface area contributed by atoms with Crippen LogP contribution < -0.4 is 10.6 Å². The summed E-state index contributed by atoms with van der Waals surface area (Å²) in [6, 6.07) is 3.22. The molecule has 3 rings (SSSR count). The number of nitrogens with one attached hydrogen (secondary N) is 2. The number of amides is 1. The summed E-state index contributed by atoms with van der Waals surface area (Å²) in [5, 5.41) is 9.79. The highest BCUT2D eigenvalue weighted by Crippen LogP contribution is 2.13. The van der Waals surface area contributed by atoms with Gasteiger partial charge in [-0.05, 0) is 19.1 Å². The Labute approximate surface area is 151 Å². The van der Waals surface area contributed by atoms with Crippen LogP contribution in [0.15, 0.2) is 29.0 Å². The molecule has 1 amide bonds. The largest absolute Gasteiger partial charge is 0.375 e. The third-order valence-corrected chi connectivity index (χ3v) is 3.42. The first-order chi connectivity index (χ1) is 10.7. The maximum absolute atomic E-state index is 12.1.